The summed E-state index contributed by atoms with van der Waals surface area (Å²) in [5.74, 6) is -2.64. The Labute approximate surface area is 294 Å². The summed E-state index contributed by atoms with van der Waals surface area (Å²) in [5.41, 5.74) is -0.396. The van der Waals surface area contributed by atoms with E-state index in [1.165, 1.54) is 27.2 Å². The van der Waals surface area contributed by atoms with E-state index in [4.69, 9.17) is 4.74 Å². The van der Waals surface area contributed by atoms with E-state index in [9.17, 15) is 32.0 Å². The average molecular weight is 729 g/mol. The number of fused-ring (bicyclic) bond motifs is 3. The van der Waals surface area contributed by atoms with E-state index in [1.54, 1.807) is 18.3 Å². The van der Waals surface area contributed by atoms with Gasteiger partial charge in [0.25, 0.3) is 5.91 Å². The molecule has 3 fully saturated rings. The number of thiazole rings is 1. The Bertz CT molecular complexity index is 1830. The number of rotatable bonds is 6. The molecule has 16 heteroatoms. The van der Waals surface area contributed by atoms with Crippen molar-refractivity contribution in [2.45, 2.75) is 107 Å². The molecule has 50 heavy (non-hydrogen) atoms. The smallest absolute Gasteiger partial charge is 0.410 e. The Morgan fingerprint density at radius 3 is 2.70 bits per heavy atom. The SMILES string of the molecule is Cc1cnc(N[C@H]2CCCCC/C=C\[C@@H]3C[C@@]3(C(=O)NS(=O)(=O)C3CC3)NC(=O)[C@@H]3C[C@@H](OC(=O)N4Cc5cccc(F)c5C4)CN3C2=O)s1. The molecule has 0 radical (unpaired) electrons. The molecule has 2 saturated carbocycles. The maximum Gasteiger partial charge on any atom is 0.410 e. The standard InChI is InChI=1S/C34H41FN6O7S2/c1-20-16-36-32(49-20)37-27-11-6-4-2-3-5-9-22-15-34(22,31(44)39-50(46,47)24-12-13-24)38-29(42)28-14-23(18-41(28)30(27)43)48-33(45)40-17-21-8-7-10-26(35)25(21)19-40/h5,7-10,16,22-24,27-28H,2-4,6,11-15,17-19H2,1H3,(H,36,37)(H,38,42)(H,39,44)/b9-5-/t22-,23-,27+,28+,34-/m1/s1. The third-order valence-electron chi connectivity index (χ3n) is 10.2. The summed E-state index contributed by atoms with van der Waals surface area (Å²) < 4.78 is 48.0. The minimum atomic E-state index is -3.88. The van der Waals surface area contributed by atoms with Gasteiger partial charge in [-0.1, -0.05) is 37.1 Å². The molecular weight excluding hydrogens is 688 g/mol. The van der Waals surface area contributed by atoms with E-state index in [-0.39, 0.29) is 38.4 Å². The van der Waals surface area contributed by atoms with Gasteiger partial charge in [-0.05, 0) is 57.1 Å². The quantitative estimate of drug-likeness (QED) is 0.378. The zero-order chi connectivity index (χ0) is 35.2. The normalized spacial score (nSPS) is 29.1. The highest BCUT2D eigenvalue weighted by Gasteiger charge is 2.62. The van der Waals surface area contributed by atoms with Crippen molar-refractivity contribution >= 4 is 50.3 Å². The molecule has 4 amide bonds. The third kappa shape index (κ3) is 7.09. The van der Waals surface area contributed by atoms with Crippen molar-refractivity contribution in [1.82, 2.24) is 24.8 Å². The molecule has 7 rings (SSSR count). The Morgan fingerprint density at radius 1 is 1.14 bits per heavy atom. The Kier molecular flexibility index (Phi) is 9.35. The molecule has 0 spiro atoms. The van der Waals surface area contributed by atoms with E-state index < -0.39 is 68.6 Å². The minimum absolute atomic E-state index is 0.0373. The van der Waals surface area contributed by atoms with Crippen LogP contribution in [-0.2, 0) is 42.2 Å². The minimum Gasteiger partial charge on any atom is -0.444 e. The lowest BCUT2D eigenvalue weighted by Gasteiger charge is -2.29. The highest BCUT2D eigenvalue weighted by molar-refractivity contribution is 7.91. The van der Waals surface area contributed by atoms with Crippen LogP contribution in [0.15, 0.2) is 36.5 Å². The second kappa shape index (κ2) is 13.6. The fourth-order valence-electron chi connectivity index (χ4n) is 7.14. The number of halogens is 1. The Balaban J connectivity index is 1.14. The summed E-state index contributed by atoms with van der Waals surface area (Å²) in [4.78, 5) is 63.6. The summed E-state index contributed by atoms with van der Waals surface area (Å²) in [6.45, 7) is 2.04. The molecule has 2 aliphatic carbocycles. The number of carbonyl (C=O) groups excluding carboxylic acids is 4. The van der Waals surface area contributed by atoms with Gasteiger partial charge in [0.1, 0.15) is 29.5 Å². The lowest BCUT2D eigenvalue weighted by atomic mass is 10.1. The first-order valence-electron chi connectivity index (χ1n) is 17.2. The first kappa shape index (κ1) is 34.4. The fourth-order valence-corrected chi connectivity index (χ4v) is 9.23. The molecule has 5 atom stereocenters. The second-order valence-corrected chi connectivity index (χ2v) is 17.2. The molecular formula is C34H41FN6O7S2. The zero-order valence-electron chi connectivity index (χ0n) is 27.7. The first-order chi connectivity index (χ1) is 23.9. The summed E-state index contributed by atoms with van der Waals surface area (Å²) in [6.07, 6.45) is 8.69. The number of carbonyl (C=O) groups is 4. The molecule has 1 saturated heterocycles. The van der Waals surface area contributed by atoms with E-state index in [1.807, 2.05) is 19.1 Å². The van der Waals surface area contributed by atoms with Crippen LogP contribution >= 0.6 is 11.3 Å². The van der Waals surface area contributed by atoms with Gasteiger partial charge in [-0.25, -0.2) is 22.6 Å². The molecule has 268 valence electrons. The summed E-state index contributed by atoms with van der Waals surface area (Å²) in [5, 5.41) is 6.04. The van der Waals surface area contributed by atoms with Gasteiger partial charge in [-0.2, -0.15) is 0 Å². The predicted molar refractivity (Wildman–Crippen MR) is 182 cm³/mol. The summed E-state index contributed by atoms with van der Waals surface area (Å²) >= 11 is 1.41. The highest BCUT2D eigenvalue weighted by atomic mass is 32.2. The van der Waals surface area contributed by atoms with E-state index in [0.717, 1.165) is 30.6 Å². The molecule has 3 N–H and O–H groups in total. The number of hydrogen-bond acceptors (Lipinski definition) is 10. The third-order valence-corrected chi connectivity index (χ3v) is 12.9. The van der Waals surface area contributed by atoms with E-state index in [2.05, 4.69) is 20.3 Å². The number of aryl methyl sites for hydroxylation is 1. The fraction of sp³-hybridized carbons (Fsp3) is 0.559. The molecule has 0 unspecified atom stereocenters. The number of nitrogens with zero attached hydrogens (tertiary/aromatic N) is 3. The number of benzene rings is 1. The van der Waals surface area contributed by atoms with Crippen LogP contribution in [0, 0.1) is 18.7 Å². The van der Waals surface area contributed by atoms with Gasteiger partial charge in [0.05, 0.1) is 18.3 Å². The van der Waals surface area contributed by atoms with Crippen LogP contribution < -0.4 is 15.4 Å². The topological polar surface area (TPSA) is 167 Å². The number of nitrogens with one attached hydrogen (secondary N) is 3. The first-order valence-corrected chi connectivity index (χ1v) is 19.6. The van der Waals surface area contributed by atoms with Gasteiger partial charge in [-0.3, -0.25) is 24.0 Å². The monoisotopic (exact) mass is 728 g/mol. The zero-order valence-corrected chi connectivity index (χ0v) is 29.4. The predicted octanol–water partition coefficient (Wildman–Crippen LogP) is 3.50. The van der Waals surface area contributed by atoms with Crippen LogP contribution in [0.25, 0.3) is 0 Å². The van der Waals surface area contributed by atoms with Crippen LogP contribution in [-0.4, -0.2) is 82.5 Å². The van der Waals surface area contributed by atoms with E-state index in [0.29, 0.717) is 35.5 Å². The molecule has 4 heterocycles. The van der Waals surface area contributed by atoms with Crippen LogP contribution in [0.1, 0.15) is 73.8 Å². The number of sulfonamides is 1. The maximum absolute atomic E-state index is 14.4. The Morgan fingerprint density at radius 2 is 1.96 bits per heavy atom. The van der Waals surface area contributed by atoms with Gasteiger partial charge >= 0.3 is 6.09 Å². The lowest BCUT2D eigenvalue weighted by molar-refractivity contribution is -0.140. The number of aromatic nitrogens is 1. The Hall–Kier alpha value is -4.05. The lowest BCUT2D eigenvalue weighted by Crippen LogP contribution is -2.57. The number of amides is 4. The number of anilines is 1. The van der Waals surface area contributed by atoms with Crippen LogP contribution in [0.4, 0.5) is 14.3 Å². The summed E-state index contributed by atoms with van der Waals surface area (Å²) in [6, 6.07) is 2.83. The van der Waals surface area contributed by atoms with Crippen molar-refractivity contribution in [3.05, 3.63) is 58.4 Å². The molecule has 1 aromatic heterocycles. The number of ether oxygens (including phenoxy) is 1. The van der Waals surface area contributed by atoms with Gasteiger partial charge in [0, 0.05) is 35.5 Å². The number of allylic oxidation sites excluding steroid dienone is 1. The van der Waals surface area contributed by atoms with Crippen molar-refractivity contribution in [1.29, 1.82) is 0 Å². The van der Waals surface area contributed by atoms with Crippen LogP contribution in [0.2, 0.25) is 0 Å². The van der Waals surface area contributed by atoms with Crippen LogP contribution in [0.5, 0.6) is 0 Å². The van der Waals surface area contributed by atoms with Gasteiger partial charge in [-0.15, -0.1) is 11.3 Å². The average Bonchev–Trinajstić information content (AvgIpc) is 3.89. The van der Waals surface area contributed by atoms with Crippen molar-refractivity contribution < 1.29 is 36.7 Å². The molecule has 2 aromatic rings. The van der Waals surface area contributed by atoms with Crippen molar-refractivity contribution in [2.75, 3.05) is 11.9 Å². The molecule has 3 aliphatic heterocycles. The number of hydrogen-bond donors (Lipinski definition) is 3. The van der Waals surface area contributed by atoms with Crippen molar-refractivity contribution in [2.24, 2.45) is 5.92 Å². The van der Waals surface area contributed by atoms with Gasteiger partial charge in [0.2, 0.25) is 21.8 Å². The van der Waals surface area contributed by atoms with Gasteiger partial charge in [0.15, 0.2) is 5.13 Å². The van der Waals surface area contributed by atoms with Gasteiger partial charge < -0.3 is 20.3 Å². The van der Waals surface area contributed by atoms with E-state index >= 15 is 0 Å². The molecule has 13 nitrogen and oxygen atoms in total. The molecule has 0 bridgehead atoms. The molecule has 5 aliphatic rings. The maximum atomic E-state index is 14.4. The van der Waals surface area contributed by atoms with Crippen LogP contribution in [0.3, 0.4) is 0 Å². The molecule has 1 aromatic carbocycles. The largest absolute Gasteiger partial charge is 0.444 e. The second-order valence-electron chi connectivity index (χ2n) is 14.0. The highest BCUT2D eigenvalue weighted by Crippen LogP contribution is 2.46. The summed E-state index contributed by atoms with van der Waals surface area (Å²) in [7, 11) is -3.88. The van der Waals surface area contributed by atoms with Crippen molar-refractivity contribution in [3.8, 4) is 0 Å². The van der Waals surface area contributed by atoms with Crippen molar-refractivity contribution in [3.63, 3.8) is 0 Å².